The number of ether oxygens (including phenoxy) is 1. The molecule has 8 heteroatoms. The molecule has 1 N–H and O–H groups in total. The highest BCUT2D eigenvalue weighted by Gasteiger charge is 2.16. The molecule has 34 heavy (non-hydrogen) atoms. The average molecular weight is 517 g/mol. The number of amidine groups is 1. The lowest BCUT2D eigenvalue weighted by molar-refractivity contribution is 0.463. The Kier molecular flexibility index (Phi) is 6.15. The molecule has 0 bridgehead atoms. The predicted molar refractivity (Wildman–Crippen MR) is 139 cm³/mol. The van der Waals surface area contributed by atoms with Crippen LogP contribution in [0.25, 0.3) is 10.9 Å². The lowest BCUT2D eigenvalue weighted by Crippen LogP contribution is -2.23. The number of anilines is 1. The highest BCUT2D eigenvalue weighted by atomic mass is 79.9. The van der Waals surface area contributed by atoms with Gasteiger partial charge in [-0.1, -0.05) is 40.2 Å². The Hall–Kier alpha value is -3.52. The molecule has 0 amide bonds. The molecular weight excluding hydrogens is 492 g/mol. The van der Waals surface area contributed by atoms with Crippen LogP contribution in [0.4, 0.5) is 5.82 Å². The van der Waals surface area contributed by atoms with Gasteiger partial charge in [-0.05, 0) is 43.7 Å². The van der Waals surface area contributed by atoms with Gasteiger partial charge in [-0.2, -0.15) is 0 Å². The molecule has 0 aliphatic carbocycles. The van der Waals surface area contributed by atoms with Crippen LogP contribution >= 0.6 is 15.9 Å². The van der Waals surface area contributed by atoms with E-state index in [0.29, 0.717) is 17.5 Å². The minimum absolute atomic E-state index is 0.0494. The number of benzene rings is 2. The average Bonchev–Trinajstić information content (AvgIpc) is 3.25. The second-order valence-electron chi connectivity index (χ2n) is 8.34. The van der Waals surface area contributed by atoms with E-state index in [-0.39, 0.29) is 6.04 Å². The molecule has 0 unspecified atom stereocenters. The van der Waals surface area contributed by atoms with Crippen LogP contribution in [0.2, 0.25) is 0 Å². The van der Waals surface area contributed by atoms with E-state index in [0.717, 1.165) is 51.2 Å². The molecule has 2 aromatic carbocycles. The molecule has 0 fully saturated rings. The first kappa shape index (κ1) is 22.3. The minimum atomic E-state index is 0.0494. The largest absolute Gasteiger partial charge is 0.439 e. The minimum Gasteiger partial charge on any atom is -0.439 e. The van der Waals surface area contributed by atoms with E-state index < -0.39 is 0 Å². The Morgan fingerprint density at radius 1 is 1.09 bits per heavy atom. The Balaban J connectivity index is 1.44. The van der Waals surface area contributed by atoms with E-state index in [1.807, 2.05) is 49.4 Å². The SMILES string of the molecule is Cc1nc(N[C@H](C)c2cccc(Br)c2)c2cc(Oc3cccc(C4=NCCN4C)c3)ncc2n1. The molecule has 0 radical (unpaired) electrons. The van der Waals surface area contributed by atoms with Crippen LogP contribution in [0.5, 0.6) is 11.6 Å². The van der Waals surface area contributed by atoms with Crippen molar-refractivity contribution >= 4 is 38.5 Å². The third kappa shape index (κ3) is 4.72. The van der Waals surface area contributed by atoms with Crippen LogP contribution in [0.3, 0.4) is 0 Å². The number of aryl methyl sites for hydroxylation is 1. The smallest absolute Gasteiger partial charge is 0.220 e. The van der Waals surface area contributed by atoms with Gasteiger partial charge in [-0.25, -0.2) is 15.0 Å². The first-order valence-electron chi connectivity index (χ1n) is 11.2. The van der Waals surface area contributed by atoms with Gasteiger partial charge < -0.3 is 15.0 Å². The van der Waals surface area contributed by atoms with Crippen LogP contribution in [0.15, 0.2) is 70.3 Å². The van der Waals surface area contributed by atoms with Crippen LogP contribution < -0.4 is 10.1 Å². The topological polar surface area (TPSA) is 75.5 Å². The third-order valence-corrected chi connectivity index (χ3v) is 6.24. The van der Waals surface area contributed by atoms with Gasteiger partial charge in [-0.15, -0.1) is 0 Å². The molecule has 1 aliphatic heterocycles. The van der Waals surface area contributed by atoms with Crippen LogP contribution in [-0.2, 0) is 0 Å². The summed E-state index contributed by atoms with van der Waals surface area (Å²) in [6.07, 6.45) is 1.73. The quantitative estimate of drug-likeness (QED) is 0.351. The lowest BCUT2D eigenvalue weighted by atomic mass is 10.1. The normalized spacial score (nSPS) is 14.2. The molecule has 172 valence electrons. The summed E-state index contributed by atoms with van der Waals surface area (Å²) in [5, 5.41) is 4.39. The van der Waals surface area contributed by atoms with Gasteiger partial charge in [-0.3, -0.25) is 4.99 Å². The molecular formula is C26H25BrN6O. The summed E-state index contributed by atoms with van der Waals surface area (Å²) >= 11 is 3.55. The Bertz CT molecular complexity index is 1390. The number of nitrogens with one attached hydrogen (secondary N) is 1. The summed E-state index contributed by atoms with van der Waals surface area (Å²) in [6, 6.07) is 18.1. The fraction of sp³-hybridized carbons (Fsp3) is 0.231. The molecule has 7 nitrogen and oxygen atoms in total. The zero-order valence-corrected chi connectivity index (χ0v) is 20.9. The highest BCUT2D eigenvalue weighted by Crippen LogP contribution is 2.30. The number of rotatable bonds is 6. The number of likely N-dealkylation sites (N-methyl/N-ethyl adjacent to an activating group) is 1. The van der Waals surface area contributed by atoms with E-state index in [1.54, 1.807) is 6.20 Å². The summed E-state index contributed by atoms with van der Waals surface area (Å²) in [5.74, 6) is 3.60. The summed E-state index contributed by atoms with van der Waals surface area (Å²) in [6.45, 7) is 5.74. The second kappa shape index (κ2) is 9.38. The number of nitrogens with zero attached hydrogens (tertiary/aromatic N) is 5. The van der Waals surface area contributed by atoms with E-state index in [1.165, 1.54) is 0 Å². The highest BCUT2D eigenvalue weighted by molar-refractivity contribution is 9.10. The first-order chi connectivity index (χ1) is 16.5. The van der Waals surface area contributed by atoms with Gasteiger partial charge in [0.2, 0.25) is 5.88 Å². The Labute approximate surface area is 207 Å². The maximum Gasteiger partial charge on any atom is 0.220 e. The zero-order valence-electron chi connectivity index (χ0n) is 19.3. The van der Waals surface area contributed by atoms with Crippen molar-refractivity contribution in [2.45, 2.75) is 19.9 Å². The van der Waals surface area contributed by atoms with E-state index in [2.05, 4.69) is 72.2 Å². The standard InChI is InChI=1S/C26H25BrN6O/c1-16(18-6-4-8-20(27)12-18)30-25-22-14-24(29-15-23(22)31-17(2)32-25)34-21-9-5-7-19(13-21)26-28-10-11-33(26)3/h4-9,12-16H,10-11H2,1-3H3,(H,30,31,32)/t16-/m1/s1. The Morgan fingerprint density at radius 3 is 2.74 bits per heavy atom. The molecule has 0 saturated heterocycles. The van der Waals surface area contributed by atoms with Crippen molar-refractivity contribution in [2.24, 2.45) is 4.99 Å². The molecule has 0 spiro atoms. The van der Waals surface area contributed by atoms with Crippen molar-refractivity contribution in [3.63, 3.8) is 0 Å². The van der Waals surface area contributed by atoms with E-state index >= 15 is 0 Å². The summed E-state index contributed by atoms with van der Waals surface area (Å²) < 4.78 is 7.18. The van der Waals surface area contributed by atoms with Gasteiger partial charge in [0.15, 0.2) is 0 Å². The number of aliphatic imine (C=N–C) groups is 1. The summed E-state index contributed by atoms with van der Waals surface area (Å²) in [5.41, 5.74) is 2.95. The summed E-state index contributed by atoms with van der Waals surface area (Å²) in [4.78, 5) is 20.5. The number of halogens is 1. The third-order valence-electron chi connectivity index (χ3n) is 5.74. The monoisotopic (exact) mass is 516 g/mol. The number of hydrogen-bond acceptors (Lipinski definition) is 7. The maximum absolute atomic E-state index is 6.14. The number of fused-ring (bicyclic) bond motifs is 1. The summed E-state index contributed by atoms with van der Waals surface area (Å²) in [7, 11) is 2.05. The van der Waals surface area contributed by atoms with Crippen molar-refractivity contribution in [1.29, 1.82) is 0 Å². The maximum atomic E-state index is 6.14. The van der Waals surface area contributed by atoms with Crippen molar-refractivity contribution in [3.8, 4) is 11.6 Å². The van der Waals surface area contributed by atoms with Gasteiger partial charge in [0, 0.05) is 35.1 Å². The van der Waals surface area contributed by atoms with Crippen molar-refractivity contribution in [2.75, 3.05) is 25.5 Å². The molecule has 1 atom stereocenters. The van der Waals surface area contributed by atoms with Gasteiger partial charge in [0.05, 0.1) is 24.3 Å². The molecule has 4 aromatic rings. The van der Waals surface area contributed by atoms with E-state index in [9.17, 15) is 0 Å². The molecule has 1 aliphatic rings. The fourth-order valence-corrected chi connectivity index (χ4v) is 4.44. The predicted octanol–water partition coefficient (Wildman–Crippen LogP) is 5.75. The molecule has 2 aromatic heterocycles. The lowest BCUT2D eigenvalue weighted by Gasteiger charge is -2.17. The van der Waals surface area contributed by atoms with Crippen molar-refractivity contribution in [3.05, 3.63) is 82.2 Å². The zero-order chi connectivity index (χ0) is 23.7. The first-order valence-corrected chi connectivity index (χ1v) is 12.0. The van der Waals surface area contributed by atoms with Gasteiger partial charge in [0.1, 0.15) is 23.2 Å². The molecule has 0 saturated carbocycles. The molecule has 5 rings (SSSR count). The van der Waals surface area contributed by atoms with Crippen LogP contribution in [0, 0.1) is 6.92 Å². The van der Waals surface area contributed by atoms with Crippen LogP contribution in [0.1, 0.15) is 29.9 Å². The van der Waals surface area contributed by atoms with Gasteiger partial charge in [0.25, 0.3) is 0 Å². The second-order valence-corrected chi connectivity index (χ2v) is 9.25. The number of pyridine rings is 1. The Morgan fingerprint density at radius 2 is 1.94 bits per heavy atom. The molecule has 3 heterocycles. The van der Waals surface area contributed by atoms with Crippen molar-refractivity contribution < 1.29 is 4.74 Å². The number of aromatic nitrogens is 3. The number of hydrogen-bond donors (Lipinski definition) is 1. The van der Waals surface area contributed by atoms with E-state index in [4.69, 9.17) is 4.74 Å². The fourth-order valence-electron chi connectivity index (χ4n) is 4.02. The van der Waals surface area contributed by atoms with Gasteiger partial charge >= 0.3 is 0 Å². The van der Waals surface area contributed by atoms with Crippen LogP contribution in [-0.4, -0.2) is 45.8 Å². The van der Waals surface area contributed by atoms with Crippen molar-refractivity contribution in [1.82, 2.24) is 19.9 Å².